The van der Waals surface area contributed by atoms with E-state index < -0.39 is 16.4 Å². The molecule has 1 saturated heterocycles. The Morgan fingerprint density at radius 3 is 2.67 bits per heavy atom. The van der Waals surface area contributed by atoms with Crippen molar-refractivity contribution < 1.29 is 18.5 Å². The van der Waals surface area contributed by atoms with Crippen LogP contribution in [0.25, 0.3) is 0 Å². The topological polar surface area (TPSA) is 75.7 Å². The zero-order valence-electron chi connectivity index (χ0n) is 14.5. The number of hydrogen-bond acceptors (Lipinski definition) is 4. The summed E-state index contributed by atoms with van der Waals surface area (Å²) in [5, 5.41) is 2.83. The Morgan fingerprint density at radius 2 is 2.04 bits per heavy atom. The average Bonchev–Trinajstić information content (AvgIpc) is 2.95. The van der Waals surface area contributed by atoms with E-state index in [0.29, 0.717) is 30.1 Å². The van der Waals surface area contributed by atoms with Gasteiger partial charge in [-0.3, -0.25) is 9.00 Å². The fraction of sp³-hybridized carbons (Fsp3) is 0.529. The Labute approximate surface area is 145 Å². The molecule has 2 amide bonds. The van der Waals surface area contributed by atoms with Crippen LogP contribution in [0.15, 0.2) is 29.2 Å². The SMILES string of the molecule is C[S@@](=O)c1cccc(NC(=O)[C@H]2CCN(C(=O)OC(C)(C)C)C2)c1. The molecule has 1 fully saturated rings. The summed E-state index contributed by atoms with van der Waals surface area (Å²) in [6.07, 6.45) is 1.81. The summed E-state index contributed by atoms with van der Waals surface area (Å²) < 4.78 is 16.8. The molecule has 2 atom stereocenters. The number of carbonyl (C=O) groups is 2. The highest BCUT2D eigenvalue weighted by Crippen LogP contribution is 2.22. The van der Waals surface area contributed by atoms with Gasteiger partial charge in [-0.2, -0.15) is 0 Å². The van der Waals surface area contributed by atoms with Crippen molar-refractivity contribution in [3.05, 3.63) is 24.3 Å². The van der Waals surface area contributed by atoms with Crippen LogP contribution in [0, 0.1) is 5.92 Å². The zero-order valence-corrected chi connectivity index (χ0v) is 15.3. The van der Waals surface area contributed by atoms with Gasteiger partial charge in [-0.15, -0.1) is 0 Å². The van der Waals surface area contributed by atoms with Crippen LogP contribution in [-0.4, -0.2) is 46.1 Å². The maximum Gasteiger partial charge on any atom is 0.410 e. The van der Waals surface area contributed by atoms with Gasteiger partial charge in [-0.1, -0.05) is 6.07 Å². The largest absolute Gasteiger partial charge is 0.444 e. The lowest BCUT2D eigenvalue weighted by atomic mass is 10.1. The Bertz CT molecular complexity index is 654. The van der Waals surface area contributed by atoms with E-state index in [-0.39, 0.29) is 17.9 Å². The first-order valence-corrected chi connectivity index (χ1v) is 9.44. The molecule has 1 N–H and O–H groups in total. The average molecular weight is 352 g/mol. The van der Waals surface area contributed by atoms with E-state index >= 15 is 0 Å². The smallest absolute Gasteiger partial charge is 0.410 e. The molecule has 7 heteroatoms. The summed E-state index contributed by atoms with van der Waals surface area (Å²) in [5.41, 5.74) is 0.0663. The van der Waals surface area contributed by atoms with E-state index in [1.54, 1.807) is 35.4 Å². The lowest BCUT2D eigenvalue weighted by Gasteiger charge is -2.24. The molecule has 1 aromatic rings. The van der Waals surface area contributed by atoms with Crippen molar-refractivity contribution in [1.29, 1.82) is 0 Å². The van der Waals surface area contributed by atoms with Crippen LogP contribution in [0.5, 0.6) is 0 Å². The number of amides is 2. The van der Waals surface area contributed by atoms with Gasteiger partial charge in [-0.05, 0) is 45.4 Å². The molecule has 0 unspecified atom stereocenters. The predicted octanol–water partition coefficient (Wildman–Crippen LogP) is 2.62. The number of hydrogen-bond donors (Lipinski definition) is 1. The minimum Gasteiger partial charge on any atom is -0.444 e. The molecule has 0 radical (unpaired) electrons. The number of nitrogens with zero attached hydrogens (tertiary/aromatic N) is 1. The van der Waals surface area contributed by atoms with Crippen molar-refractivity contribution in [2.24, 2.45) is 5.92 Å². The lowest BCUT2D eigenvalue weighted by molar-refractivity contribution is -0.119. The first-order chi connectivity index (χ1) is 11.2. The third-order valence-corrected chi connectivity index (χ3v) is 4.56. The number of rotatable bonds is 3. The molecule has 0 aliphatic carbocycles. The van der Waals surface area contributed by atoms with Crippen LogP contribution in [0.3, 0.4) is 0 Å². The molecule has 6 nitrogen and oxygen atoms in total. The van der Waals surface area contributed by atoms with Crippen LogP contribution < -0.4 is 5.32 Å². The molecule has 132 valence electrons. The number of benzene rings is 1. The summed E-state index contributed by atoms with van der Waals surface area (Å²) in [6, 6.07) is 6.98. The molecule has 1 heterocycles. The van der Waals surface area contributed by atoms with E-state index in [2.05, 4.69) is 5.32 Å². The maximum atomic E-state index is 12.4. The van der Waals surface area contributed by atoms with Crippen LogP contribution in [-0.2, 0) is 20.3 Å². The van der Waals surface area contributed by atoms with Gasteiger partial charge in [-0.25, -0.2) is 4.79 Å². The quantitative estimate of drug-likeness (QED) is 0.907. The fourth-order valence-corrected chi connectivity index (χ4v) is 3.03. The second-order valence-electron chi connectivity index (χ2n) is 6.88. The molecular weight excluding hydrogens is 328 g/mol. The van der Waals surface area contributed by atoms with Gasteiger partial charge in [0.1, 0.15) is 5.60 Å². The van der Waals surface area contributed by atoms with Crippen molar-refractivity contribution >= 4 is 28.5 Å². The molecular formula is C17H24N2O4S. The molecule has 1 aliphatic rings. The molecule has 1 aliphatic heterocycles. The highest BCUT2D eigenvalue weighted by atomic mass is 32.2. The van der Waals surface area contributed by atoms with Crippen LogP contribution in [0.1, 0.15) is 27.2 Å². The second kappa shape index (κ2) is 7.34. The zero-order chi connectivity index (χ0) is 17.9. The molecule has 1 aromatic carbocycles. The van der Waals surface area contributed by atoms with Gasteiger partial charge in [0.05, 0.1) is 5.92 Å². The number of likely N-dealkylation sites (tertiary alicyclic amines) is 1. The highest BCUT2D eigenvalue weighted by molar-refractivity contribution is 7.84. The van der Waals surface area contributed by atoms with E-state index in [1.165, 1.54) is 0 Å². The van der Waals surface area contributed by atoms with E-state index in [9.17, 15) is 13.8 Å². The van der Waals surface area contributed by atoms with Crippen molar-refractivity contribution in [3.8, 4) is 0 Å². The normalized spacial score (nSPS) is 19.0. The monoisotopic (exact) mass is 352 g/mol. The predicted molar refractivity (Wildman–Crippen MR) is 93.3 cm³/mol. The second-order valence-corrected chi connectivity index (χ2v) is 8.26. The highest BCUT2D eigenvalue weighted by Gasteiger charge is 2.33. The molecule has 0 aromatic heterocycles. The van der Waals surface area contributed by atoms with E-state index in [4.69, 9.17) is 4.74 Å². The van der Waals surface area contributed by atoms with Gasteiger partial charge in [0.25, 0.3) is 0 Å². The minimum absolute atomic E-state index is 0.139. The number of ether oxygens (including phenoxy) is 1. The van der Waals surface area contributed by atoms with Gasteiger partial charge in [0.15, 0.2) is 0 Å². The summed E-state index contributed by atoms with van der Waals surface area (Å²) in [4.78, 5) is 26.7. The van der Waals surface area contributed by atoms with E-state index in [1.807, 2.05) is 20.8 Å². The Kier molecular flexibility index (Phi) is 5.64. The number of nitrogens with one attached hydrogen (secondary N) is 1. The summed E-state index contributed by atoms with van der Waals surface area (Å²) >= 11 is 0. The Balaban J connectivity index is 1.94. The van der Waals surface area contributed by atoms with Crippen molar-refractivity contribution in [1.82, 2.24) is 4.90 Å². The summed E-state index contributed by atoms with van der Waals surface area (Å²) in [6.45, 7) is 6.30. The lowest BCUT2D eigenvalue weighted by Crippen LogP contribution is -2.36. The third kappa shape index (κ3) is 5.06. The van der Waals surface area contributed by atoms with Crippen LogP contribution >= 0.6 is 0 Å². The minimum atomic E-state index is -1.10. The summed E-state index contributed by atoms with van der Waals surface area (Å²) in [5.74, 6) is -0.409. The Morgan fingerprint density at radius 1 is 1.33 bits per heavy atom. The number of carbonyl (C=O) groups excluding carboxylic acids is 2. The van der Waals surface area contributed by atoms with Gasteiger partial charge in [0, 0.05) is 40.7 Å². The first kappa shape index (κ1) is 18.4. The molecule has 0 spiro atoms. The van der Waals surface area contributed by atoms with Crippen LogP contribution in [0.2, 0.25) is 0 Å². The number of anilines is 1. The molecule has 2 rings (SSSR count). The first-order valence-electron chi connectivity index (χ1n) is 7.88. The summed E-state index contributed by atoms with van der Waals surface area (Å²) in [7, 11) is -1.10. The van der Waals surface area contributed by atoms with Gasteiger partial charge >= 0.3 is 6.09 Å². The van der Waals surface area contributed by atoms with Crippen LogP contribution in [0.4, 0.5) is 10.5 Å². The van der Waals surface area contributed by atoms with E-state index in [0.717, 1.165) is 0 Å². The molecule has 0 bridgehead atoms. The van der Waals surface area contributed by atoms with Crippen molar-refractivity contribution in [2.45, 2.75) is 37.7 Å². The Hall–Kier alpha value is -1.89. The van der Waals surface area contributed by atoms with Gasteiger partial charge < -0.3 is 15.0 Å². The molecule has 0 saturated carbocycles. The third-order valence-electron chi connectivity index (χ3n) is 3.64. The van der Waals surface area contributed by atoms with Gasteiger partial charge in [0.2, 0.25) is 5.91 Å². The molecule has 24 heavy (non-hydrogen) atoms. The maximum absolute atomic E-state index is 12.4. The fourth-order valence-electron chi connectivity index (χ4n) is 2.46. The van der Waals surface area contributed by atoms with Crippen molar-refractivity contribution in [2.75, 3.05) is 24.7 Å². The standard InChI is InChI=1S/C17H24N2O4S/c1-17(2,3)23-16(21)19-9-8-12(11-19)15(20)18-13-6-5-7-14(10-13)24(4)22/h5-7,10,12H,8-9,11H2,1-4H3,(H,18,20)/t12-,24+/m0/s1. The van der Waals surface area contributed by atoms with Crippen molar-refractivity contribution in [3.63, 3.8) is 0 Å².